The summed E-state index contributed by atoms with van der Waals surface area (Å²) in [7, 11) is 3.25. The zero-order valence-corrected chi connectivity index (χ0v) is 33.9. The third-order valence-corrected chi connectivity index (χ3v) is 12.2. The van der Waals surface area contributed by atoms with Crippen molar-refractivity contribution < 1.29 is 28.9 Å². The Morgan fingerprint density at radius 3 is 2.20 bits per heavy atom. The number of carbonyl (C=O) groups excluding carboxylic acids is 2. The number of aliphatic hydroxyl groups excluding tert-OH is 1. The lowest BCUT2D eigenvalue weighted by Gasteiger charge is -2.38. The van der Waals surface area contributed by atoms with E-state index in [4.69, 9.17) is 14.2 Å². The maximum Gasteiger partial charge on any atom is 0.264 e. The Balaban J connectivity index is 1.07. The quantitative estimate of drug-likeness (QED) is 0.120. The molecule has 5 aromatic carbocycles. The summed E-state index contributed by atoms with van der Waals surface area (Å²) in [5.74, 6) is 0.793. The van der Waals surface area contributed by atoms with E-state index in [1.807, 2.05) is 95.9 Å². The van der Waals surface area contributed by atoms with Crippen LogP contribution in [0, 0.1) is 11.8 Å². The number of hydrogen-bond acceptors (Lipinski definition) is 8. The predicted octanol–water partition coefficient (Wildman–Crippen LogP) is 8.09. The van der Waals surface area contributed by atoms with Gasteiger partial charge in [0.1, 0.15) is 23.3 Å². The number of rotatable bonds is 13. The van der Waals surface area contributed by atoms with Gasteiger partial charge in [0.2, 0.25) is 0 Å². The second kappa shape index (κ2) is 16.2. The molecule has 0 aliphatic carbocycles. The molecule has 1 aromatic heterocycles. The smallest absolute Gasteiger partial charge is 0.264 e. The van der Waals surface area contributed by atoms with Crippen LogP contribution in [0.4, 0.5) is 11.4 Å². The molecule has 59 heavy (non-hydrogen) atoms. The van der Waals surface area contributed by atoms with E-state index in [1.165, 1.54) is 0 Å². The van der Waals surface area contributed by atoms with Crippen LogP contribution < -0.4 is 19.7 Å². The van der Waals surface area contributed by atoms with E-state index in [0.717, 1.165) is 33.7 Å². The molecule has 0 bridgehead atoms. The largest absolute Gasteiger partial charge is 0.497 e. The van der Waals surface area contributed by atoms with E-state index in [9.17, 15) is 9.90 Å². The number of fused-ring (bicyclic) bond motifs is 2. The number of amides is 2. The highest BCUT2D eigenvalue weighted by molar-refractivity contribution is 6.07. The number of nitrogens with one attached hydrogen (secondary N) is 1. The number of carbonyl (C=O) groups is 2. The monoisotopic (exact) mass is 791 g/mol. The fourth-order valence-corrected chi connectivity index (χ4v) is 9.13. The number of anilines is 2. The van der Waals surface area contributed by atoms with E-state index in [0.29, 0.717) is 42.2 Å². The molecule has 11 nitrogen and oxygen atoms in total. The molecule has 1 saturated heterocycles. The van der Waals surface area contributed by atoms with Crippen LogP contribution in [0.5, 0.6) is 11.5 Å². The van der Waals surface area contributed by atoms with Crippen molar-refractivity contribution in [3.8, 4) is 11.5 Å². The van der Waals surface area contributed by atoms with Crippen molar-refractivity contribution in [2.24, 2.45) is 11.8 Å². The Hall–Kier alpha value is -6.30. The van der Waals surface area contributed by atoms with Crippen molar-refractivity contribution >= 4 is 23.2 Å². The molecule has 2 amide bonds. The van der Waals surface area contributed by atoms with Crippen molar-refractivity contribution in [1.29, 1.82) is 0 Å². The van der Waals surface area contributed by atoms with Crippen molar-refractivity contribution in [2.45, 2.75) is 63.5 Å². The summed E-state index contributed by atoms with van der Waals surface area (Å²) in [6.07, 6.45) is 1.09. The molecule has 0 radical (unpaired) electrons. The van der Waals surface area contributed by atoms with Crippen LogP contribution in [-0.4, -0.2) is 52.2 Å². The average molecular weight is 792 g/mol. The van der Waals surface area contributed by atoms with E-state index in [-0.39, 0.29) is 29.8 Å². The Morgan fingerprint density at radius 2 is 1.53 bits per heavy atom. The summed E-state index contributed by atoms with van der Waals surface area (Å²) < 4.78 is 19.7. The lowest BCUT2D eigenvalue weighted by atomic mass is 9.63. The van der Waals surface area contributed by atoms with E-state index in [1.54, 1.807) is 49.4 Å². The molecule has 1 spiro atoms. The maximum absolute atomic E-state index is 15.2. The van der Waals surface area contributed by atoms with Crippen LogP contribution in [-0.2, 0) is 33.6 Å². The second-order valence-electron chi connectivity index (χ2n) is 16.0. The minimum absolute atomic E-state index is 0.0978. The third-order valence-electron chi connectivity index (χ3n) is 12.2. The van der Waals surface area contributed by atoms with Crippen LogP contribution in [0.15, 0.2) is 134 Å². The molecule has 5 atom stereocenters. The Labute approximate surface area is 344 Å². The van der Waals surface area contributed by atoms with Gasteiger partial charge < -0.3 is 29.5 Å². The molecule has 0 saturated carbocycles. The number of methoxy groups -OCH3 is 2. The highest BCUT2D eigenvalue weighted by Crippen LogP contribution is 2.60. The third kappa shape index (κ3) is 7.36. The summed E-state index contributed by atoms with van der Waals surface area (Å²) in [5.41, 5.74) is 4.40. The molecule has 11 heteroatoms. The van der Waals surface area contributed by atoms with Crippen molar-refractivity contribution in [3.05, 3.63) is 167 Å². The van der Waals surface area contributed by atoms with Gasteiger partial charge in [0.05, 0.1) is 38.8 Å². The normalized spacial score (nSPS) is 20.4. The second-order valence-corrected chi connectivity index (χ2v) is 16.0. The number of aliphatic hydroxyl groups is 1. The molecule has 2 aliphatic heterocycles. The van der Waals surface area contributed by atoms with Crippen LogP contribution >= 0.6 is 0 Å². The summed E-state index contributed by atoms with van der Waals surface area (Å²) >= 11 is 0. The minimum Gasteiger partial charge on any atom is -0.497 e. The molecule has 2 aliphatic rings. The molecule has 2 N–H and O–H groups in total. The fourth-order valence-electron chi connectivity index (χ4n) is 9.13. The van der Waals surface area contributed by atoms with Crippen molar-refractivity contribution in [2.75, 3.05) is 24.4 Å². The predicted molar refractivity (Wildman–Crippen MR) is 225 cm³/mol. The van der Waals surface area contributed by atoms with Gasteiger partial charge in [-0.3, -0.25) is 14.3 Å². The molecule has 0 unspecified atom stereocenters. The number of aryl methyl sites for hydroxylation is 1. The van der Waals surface area contributed by atoms with Gasteiger partial charge in [0.15, 0.2) is 5.60 Å². The first-order chi connectivity index (χ1) is 28.5. The van der Waals surface area contributed by atoms with Gasteiger partial charge in [-0.1, -0.05) is 98.8 Å². The topological polar surface area (TPSA) is 128 Å². The van der Waals surface area contributed by atoms with Gasteiger partial charge in [-0.15, -0.1) is 5.10 Å². The van der Waals surface area contributed by atoms with Gasteiger partial charge >= 0.3 is 0 Å². The highest BCUT2D eigenvalue weighted by Gasteiger charge is 2.65. The zero-order valence-electron chi connectivity index (χ0n) is 33.9. The van der Waals surface area contributed by atoms with Crippen LogP contribution in [0.25, 0.3) is 0 Å². The van der Waals surface area contributed by atoms with E-state index < -0.39 is 17.1 Å². The van der Waals surface area contributed by atoms with Gasteiger partial charge in [-0.2, -0.15) is 0 Å². The van der Waals surface area contributed by atoms with Crippen LogP contribution in [0.3, 0.4) is 0 Å². The van der Waals surface area contributed by atoms with Gasteiger partial charge in [-0.25, -0.2) is 0 Å². The van der Waals surface area contributed by atoms with Crippen molar-refractivity contribution in [3.63, 3.8) is 0 Å². The first-order valence-corrected chi connectivity index (χ1v) is 19.9. The van der Waals surface area contributed by atoms with Gasteiger partial charge in [-0.05, 0) is 83.1 Å². The first-order valence-electron chi connectivity index (χ1n) is 19.9. The Morgan fingerprint density at radius 1 is 0.881 bits per heavy atom. The lowest BCUT2D eigenvalue weighted by molar-refractivity contribution is -0.146. The maximum atomic E-state index is 15.2. The molecule has 1 fully saturated rings. The lowest BCUT2D eigenvalue weighted by Crippen LogP contribution is -2.45. The van der Waals surface area contributed by atoms with E-state index >= 15 is 4.79 Å². The first kappa shape index (κ1) is 39.5. The highest BCUT2D eigenvalue weighted by atomic mass is 16.5. The molecule has 302 valence electrons. The number of ether oxygens (including phenoxy) is 3. The summed E-state index contributed by atoms with van der Waals surface area (Å²) in [6, 6.07) is 40.0. The van der Waals surface area contributed by atoms with Crippen molar-refractivity contribution in [1.82, 2.24) is 15.0 Å². The number of hydrogen-bond donors (Lipinski definition) is 2. The zero-order chi connectivity index (χ0) is 41.3. The standard InChI is InChI=1S/C48H49N5O6/c1-31-43(47(2,3)35-19-25-38(58-5)26-20-35)42(27-28-52-30-40(50-51-52)44(54)33-11-7-6-8-12-33)59-48(31)39-13-9-10-14-41(39)53(46(48)56)29-32-15-21-36(22-16-32)49-45(55)34-17-23-37(57-4)24-18-34/h6-26,30-31,42-44,54H,27-29H2,1-5H3,(H,49,55)/t31-,42+,43-,44-,48+/m1/s1. The minimum atomic E-state index is -1.24. The summed E-state index contributed by atoms with van der Waals surface area (Å²) in [4.78, 5) is 30.0. The summed E-state index contributed by atoms with van der Waals surface area (Å²) in [6.45, 7) is 7.40. The molecular formula is C48H49N5O6. The number of nitrogens with zero attached hydrogens (tertiary/aromatic N) is 4. The van der Waals surface area contributed by atoms with E-state index in [2.05, 4.69) is 48.5 Å². The Bertz CT molecular complexity index is 2420. The van der Waals surface area contributed by atoms with Gasteiger partial charge in [0, 0.05) is 35.2 Å². The number of para-hydroxylation sites is 1. The molecule has 6 aromatic rings. The number of aromatic nitrogens is 3. The fraction of sp³-hybridized carbons (Fsp3) is 0.292. The van der Waals surface area contributed by atoms with Gasteiger partial charge in [0.25, 0.3) is 11.8 Å². The van der Waals surface area contributed by atoms with Crippen LogP contribution in [0.1, 0.15) is 71.6 Å². The Kier molecular flexibility index (Phi) is 10.8. The molecular weight excluding hydrogens is 743 g/mol. The molecule has 8 rings (SSSR count). The van der Waals surface area contributed by atoms with Crippen LogP contribution in [0.2, 0.25) is 0 Å². The number of benzene rings is 5. The SMILES string of the molecule is COc1ccc(C(=O)Nc2ccc(CN3C(=O)[C@@]4(O[C@@H](CCn5cc([C@H](O)c6ccccc6)nn5)[C@H](C(C)(C)c5ccc(OC)cc5)[C@H]4C)c4ccccc43)cc2)cc1. The summed E-state index contributed by atoms with van der Waals surface area (Å²) in [5, 5.41) is 22.7. The molecule has 3 heterocycles. The average Bonchev–Trinajstić information content (AvgIpc) is 3.94.